The maximum Gasteiger partial charge on any atom is 0.104 e. The van der Waals surface area contributed by atoms with Crippen LogP contribution in [-0.4, -0.2) is 5.11 Å². The van der Waals surface area contributed by atoms with Gasteiger partial charge >= 0.3 is 0 Å². The third-order valence-electron chi connectivity index (χ3n) is 12.5. The first-order valence-corrected chi connectivity index (χ1v) is 20.6. The third kappa shape index (κ3) is 8.35. The summed E-state index contributed by atoms with van der Waals surface area (Å²) in [6, 6.07) is 52.8. The second-order valence-electron chi connectivity index (χ2n) is 16.0. The molecule has 0 saturated heterocycles. The van der Waals surface area contributed by atoms with E-state index in [0.29, 0.717) is 0 Å². The molecule has 0 bridgehead atoms. The Morgan fingerprint density at radius 2 is 1.04 bits per heavy atom. The molecular weight excluding hydrogens is 655 g/mol. The minimum Gasteiger partial charge on any atom is -0.384 e. The molecule has 0 aromatic heterocycles. The van der Waals surface area contributed by atoms with Crippen LogP contribution in [0.25, 0.3) is 10.8 Å². The Morgan fingerprint density at radius 1 is 0.519 bits per heavy atom. The number of aliphatic hydroxyl groups is 1. The monoisotopic (exact) mass is 715 g/mol. The van der Waals surface area contributed by atoms with Crippen LogP contribution in [0.5, 0.6) is 0 Å². The summed E-state index contributed by atoms with van der Waals surface area (Å²) in [5.74, 6) is 0.260. The predicted molar refractivity (Wildman–Crippen MR) is 233 cm³/mol. The SMILES string of the molecule is CCCCC(C)(CC)c1ccc(N(c2ccc(C(O)c3ccccc3)cc2)c2ccc(C(c3cccc4ccccc34)C(C)(CC)CCCC)cc2)cc1. The van der Waals surface area contributed by atoms with E-state index < -0.39 is 6.10 Å². The molecule has 280 valence electrons. The molecule has 0 aliphatic rings. The zero-order valence-electron chi connectivity index (χ0n) is 33.6. The molecule has 0 saturated carbocycles. The van der Waals surface area contributed by atoms with Crippen molar-refractivity contribution < 1.29 is 5.11 Å². The van der Waals surface area contributed by atoms with Crippen molar-refractivity contribution in [3.8, 4) is 0 Å². The summed E-state index contributed by atoms with van der Waals surface area (Å²) in [6.07, 6.45) is 8.80. The number of hydrogen-bond acceptors (Lipinski definition) is 2. The highest BCUT2D eigenvalue weighted by atomic mass is 16.3. The molecule has 1 N–H and O–H groups in total. The molecule has 0 radical (unpaired) electrons. The second-order valence-corrected chi connectivity index (χ2v) is 16.0. The van der Waals surface area contributed by atoms with Crippen molar-refractivity contribution in [2.24, 2.45) is 5.41 Å². The number of fused-ring (bicyclic) bond motifs is 1. The highest BCUT2D eigenvalue weighted by Crippen LogP contribution is 2.49. The van der Waals surface area contributed by atoms with Crippen molar-refractivity contribution in [2.75, 3.05) is 4.90 Å². The Balaban J connectivity index is 1.43. The Hall–Kier alpha value is -4.66. The van der Waals surface area contributed by atoms with Gasteiger partial charge in [-0.3, -0.25) is 0 Å². The Kier molecular flexibility index (Phi) is 12.8. The third-order valence-corrected chi connectivity index (χ3v) is 12.5. The summed E-state index contributed by atoms with van der Waals surface area (Å²) in [5, 5.41) is 13.9. The molecule has 0 heterocycles. The molecule has 4 unspecified atom stereocenters. The minimum atomic E-state index is -0.673. The largest absolute Gasteiger partial charge is 0.384 e. The van der Waals surface area contributed by atoms with Crippen molar-refractivity contribution >= 4 is 27.8 Å². The summed E-state index contributed by atoms with van der Waals surface area (Å²) >= 11 is 0. The summed E-state index contributed by atoms with van der Waals surface area (Å²) in [5.41, 5.74) is 9.55. The lowest BCUT2D eigenvalue weighted by Crippen LogP contribution is -2.26. The van der Waals surface area contributed by atoms with Gasteiger partial charge in [0.2, 0.25) is 0 Å². The van der Waals surface area contributed by atoms with E-state index >= 15 is 0 Å². The van der Waals surface area contributed by atoms with Crippen molar-refractivity contribution in [3.63, 3.8) is 0 Å². The van der Waals surface area contributed by atoms with Crippen LogP contribution in [0.2, 0.25) is 0 Å². The van der Waals surface area contributed by atoms with Crippen molar-refractivity contribution in [1.29, 1.82) is 0 Å². The quantitative estimate of drug-likeness (QED) is 0.102. The average molecular weight is 716 g/mol. The zero-order chi connectivity index (χ0) is 38.1. The fraction of sp³-hybridized carbons (Fsp3) is 0.346. The van der Waals surface area contributed by atoms with Crippen LogP contribution in [0.15, 0.2) is 146 Å². The molecule has 0 aliphatic carbocycles. The Labute approximate surface area is 325 Å². The zero-order valence-corrected chi connectivity index (χ0v) is 33.6. The van der Waals surface area contributed by atoms with Crippen LogP contribution < -0.4 is 4.90 Å². The molecule has 2 heteroatoms. The van der Waals surface area contributed by atoms with E-state index in [4.69, 9.17) is 0 Å². The van der Waals surface area contributed by atoms with Crippen molar-refractivity contribution in [3.05, 3.63) is 173 Å². The Morgan fingerprint density at radius 3 is 1.63 bits per heavy atom. The van der Waals surface area contributed by atoms with E-state index in [2.05, 4.69) is 162 Å². The molecule has 0 spiro atoms. The van der Waals surface area contributed by atoms with Gasteiger partial charge in [0.15, 0.2) is 0 Å². The number of benzene rings is 6. The lowest BCUT2D eigenvalue weighted by Gasteiger charge is -2.39. The molecule has 0 amide bonds. The van der Waals surface area contributed by atoms with Crippen LogP contribution in [0.1, 0.15) is 133 Å². The second kappa shape index (κ2) is 17.7. The van der Waals surface area contributed by atoms with E-state index in [1.54, 1.807) is 0 Å². The lowest BCUT2D eigenvalue weighted by atomic mass is 9.65. The van der Waals surface area contributed by atoms with Gasteiger partial charge in [-0.25, -0.2) is 0 Å². The fourth-order valence-corrected chi connectivity index (χ4v) is 8.57. The van der Waals surface area contributed by atoms with E-state index in [-0.39, 0.29) is 16.7 Å². The van der Waals surface area contributed by atoms with Crippen molar-refractivity contribution in [1.82, 2.24) is 0 Å². The molecule has 0 aliphatic heterocycles. The van der Waals surface area contributed by atoms with Gasteiger partial charge in [0.25, 0.3) is 0 Å². The Bertz CT molecular complexity index is 2040. The van der Waals surface area contributed by atoms with Crippen LogP contribution in [-0.2, 0) is 5.41 Å². The maximum absolute atomic E-state index is 11.2. The molecule has 6 rings (SSSR count). The first-order chi connectivity index (χ1) is 26.2. The molecular formula is C52H61NO. The van der Waals surface area contributed by atoms with Crippen LogP contribution in [0, 0.1) is 5.41 Å². The normalized spacial score (nSPS) is 14.9. The number of rotatable bonds is 17. The number of nitrogens with zero attached hydrogens (tertiary/aromatic N) is 1. The summed E-state index contributed by atoms with van der Waals surface area (Å²) < 4.78 is 0. The number of aliphatic hydroxyl groups excluding tert-OH is 1. The van der Waals surface area contributed by atoms with Gasteiger partial charge in [-0.15, -0.1) is 0 Å². The van der Waals surface area contributed by atoms with Crippen LogP contribution in [0.3, 0.4) is 0 Å². The van der Waals surface area contributed by atoms with Gasteiger partial charge in [0, 0.05) is 23.0 Å². The van der Waals surface area contributed by atoms with E-state index in [9.17, 15) is 5.11 Å². The first kappa shape index (κ1) is 39.0. The van der Waals surface area contributed by atoms with Gasteiger partial charge in [0.1, 0.15) is 6.10 Å². The lowest BCUT2D eigenvalue weighted by molar-refractivity contribution is 0.220. The smallest absolute Gasteiger partial charge is 0.104 e. The first-order valence-electron chi connectivity index (χ1n) is 20.6. The van der Waals surface area contributed by atoms with Gasteiger partial charge in [0.05, 0.1) is 0 Å². The standard InChI is InChI=1S/C52H61NO/c1-7-11-37-51(5,9-3)43-29-35-46(36-30-43)53(45-33-27-42(28-34-45)50(54)41-20-14-13-15-21-41)44-31-25-40(26-32-44)49(52(6,10-4)38-12-8-2)48-24-18-22-39-19-16-17-23-47(39)48/h13-36,49-50,54H,7-12,37-38H2,1-6H3. The van der Waals surface area contributed by atoms with E-state index in [1.165, 1.54) is 66.0 Å². The van der Waals surface area contributed by atoms with Crippen LogP contribution in [0.4, 0.5) is 17.1 Å². The number of hydrogen-bond donors (Lipinski definition) is 1. The maximum atomic E-state index is 11.2. The average Bonchev–Trinajstić information content (AvgIpc) is 3.23. The summed E-state index contributed by atoms with van der Waals surface area (Å²) in [4.78, 5) is 2.37. The highest BCUT2D eigenvalue weighted by Gasteiger charge is 2.35. The van der Waals surface area contributed by atoms with E-state index in [1.807, 2.05) is 30.3 Å². The number of anilines is 3. The van der Waals surface area contributed by atoms with Crippen LogP contribution >= 0.6 is 0 Å². The summed E-state index contributed by atoms with van der Waals surface area (Å²) in [7, 11) is 0. The molecule has 6 aromatic rings. The topological polar surface area (TPSA) is 23.5 Å². The number of unbranched alkanes of at least 4 members (excludes halogenated alkanes) is 2. The predicted octanol–water partition coefficient (Wildman–Crippen LogP) is 15.0. The molecule has 0 fully saturated rings. The molecule has 54 heavy (non-hydrogen) atoms. The minimum absolute atomic E-state index is 0.107. The molecule has 2 nitrogen and oxygen atoms in total. The van der Waals surface area contributed by atoms with Crippen molar-refractivity contribution in [2.45, 2.75) is 110 Å². The van der Waals surface area contributed by atoms with E-state index in [0.717, 1.165) is 41.0 Å². The molecule has 4 atom stereocenters. The van der Waals surface area contributed by atoms with Gasteiger partial charge in [-0.05, 0) is 112 Å². The van der Waals surface area contributed by atoms with Gasteiger partial charge in [-0.1, -0.05) is 176 Å². The summed E-state index contributed by atoms with van der Waals surface area (Å²) in [6.45, 7) is 14.2. The van der Waals surface area contributed by atoms with Gasteiger partial charge in [-0.2, -0.15) is 0 Å². The fourth-order valence-electron chi connectivity index (χ4n) is 8.57. The van der Waals surface area contributed by atoms with Gasteiger partial charge < -0.3 is 10.0 Å². The highest BCUT2D eigenvalue weighted by molar-refractivity contribution is 5.87. The molecule has 6 aromatic carbocycles.